The minimum Gasteiger partial charge on any atom is -0.497 e. The van der Waals surface area contributed by atoms with Crippen molar-refractivity contribution in [2.75, 3.05) is 7.11 Å². The van der Waals surface area contributed by atoms with Gasteiger partial charge < -0.3 is 4.74 Å². The van der Waals surface area contributed by atoms with Gasteiger partial charge in [0.15, 0.2) is 0 Å². The highest BCUT2D eigenvalue weighted by molar-refractivity contribution is 7.89. The second-order valence-corrected chi connectivity index (χ2v) is 6.17. The molecule has 0 radical (unpaired) electrons. The van der Waals surface area contributed by atoms with Crippen molar-refractivity contribution in [1.82, 2.24) is 4.72 Å². The first-order chi connectivity index (χ1) is 8.31. The highest BCUT2D eigenvalue weighted by Gasteiger charge is 2.21. The van der Waals surface area contributed by atoms with E-state index in [4.69, 9.17) is 4.74 Å². The molecule has 0 aliphatic carbocycles. The molecule has 0 aliphatic heterocycles. The van der Waals surface area contributed by atoms with Crippen LogP contribution in [0.1, 0.15) is 31.4 Å². The van der Waals surface area contributed by atoms with Crippen molar-refractivity contribution in [2.45, 2.75) is 45.1 Å². The van der Waals surface area contributed by atoms with E-state index in [1.165, 1.54) is 0 Å². The van der Waals surface area contributed by atoms with Crippen molar-refractivity contribution in [1.29, 1.82) is 0 Å². The van der Waals surface area contributed by atoms with Gasteiger partial charge in [-0.3, -0.25) is 0 Å². The number of benzene rings is 1. The van der Waals surface area contributed by atoms with Crippen LogP contribution in [0.3, 0.4) is 0 Å². The molecule has 5 heteroatoms. The fourth-order valence-corrected chi connectivity index (χ4v) is 3.64. The summed E-state index contributed by atoms with van der Waals surface area (Å²) in [5, 5.41) is 0. The minimum absolute atomic E-state index is 0.0732. The number of hydrogen-bond acceptors (Lipinski definition) is 3. The van der Waals surface area contributed by atoms with Crippen LogP contribution in [-0.2, 0) is 10.0 Å². The quantitative estimate of drug-likeness (QED) is 0.894. The van der Waals surface area contributed by atoms with Gasteiger partial charge in [0.25, 0.3) is 0 Å². The van der Waals surface area contributed by atoms with Gasteiger partial charge in [0.2, 0.25) is 10.0 Å². The second-order valence-electron chi connectivity index (χ2n) is 4.52. The lowest BCUT2D eigenvalue weighted by molar-refractivity contribution is 0.413. The number of sulfonamides is 1. The SMILES string of the molecule is CCC(C)NS(=O)(=O)c1c(C)cc(OC)cc1C. The lowest BCUT2D eigenvalue weighted by Gasteiger charge is -2.16. The first-order valence-corrected chi connectivity index (χ1v) is 7.47. The van der Waals surface area contributed by atoms with E-state index in [-0.39, 0.29) is 6.04 Å². The van der Waals surface area contributed by atoms with Gasteiger partial charge in [-0.15, -0.1) is 0 Å². The van der Waals surface area contributed by atoms with Crippen LogP contribution in [0.25, 0.3) is 0 Å². The smallest absolute Gasteiger partial charge is 0.241 e. The van der Waals surface area contributed by atoms with Crippen molar-refractivity contribution in [3.8, 4) is 5.75 Å². The molecule has 1 atom stereocenters. The third-order valence-corrected chi connectivity index (χ3v) is 4.80. The molecule has 1 aromatic carbocycles. The Hall–Kier alpha value is -1.07. The average Bonchev–Trinajstić information content (AvgIpc) is 2.26. The van der Waals surface area contributed by atoms with Gasteiger partial charge in [-0.1, -0.05) is 6.92 Å². The summed E-state index contributed by atoms with van der Waals surface area (Å²) in [5.74, 6) is 0.674. The molecule has 0 bridgehead atoms. The molecule has 0 saturated carbocycles. The average molecular weight is 271 g/mol. The summed E-state index contributed by atoms with van der Waals surface area (Å²) in [7, 11) is -1.89. The van der Waals surface area contributed by atoms with Crippen LogP contribution in [0.15, 0.2) is 17.0 Å². The zero-order chi connectivity index (χ0) is 13.9. The zero-order valence-corrected chi connectivity index (χ0v) is 12.4. The van der Waals surface area contributed by atoms with Gasteiger partial charge in [0.1, 0.15) is 5.75 Å². The Morgan fingerprint density at radius 1 is 1.28 bits per heavy atom. The predicted octanol–water partition coefficient (Wildman–Crippen LogP) is 2.39. The lowest BCUT2D eigenvalue weighted by atomic mass is 10.1. The summed E-state index contributed by atoms with van der Waals surface area (Å²) < 4.78 is 32.4. The van der Waals surface area contributed by atoms with Crippen molar-refractivity contribution in [3.05, 3.63) is 23.3 Å². The van der Waals surface area contributed by atoms with E-state index in [1.54, 1.807) is 33.1 Å². The highest BCUT2D eigenvalue weighted by Crippen LogP contribution is 2.25. The molecule has 0 spiro atoms. The molecule has 18 heavy (non-hydrogen) atoms. The first kappa shape index (κ1) is 15.0. The molecule has 4 nitrogen and oxygen atoms in total. The lowest BCUT2D eigenvalue weighted by Crippen LogP contribution is -2.32. The van der Waals surface area contributed by atoms with Crippen molar-refractivity contribution < 1.29 is 13.2 Å². The van der Waals surface area contributed by atoms with Crippen LogP contribution in [0.5, 0.6) is 5.75 Å². The molecule has 0 fully saturated rings. The van der Waals surface area contributed by atoms with Crippen molar-refractivity contribution in [3.63, 3.8) is 0 Å². The van der Waals surface area contributed by atoms with Gasteiger partial charge in [-0.2, -0.15) is 0 Å². The van der Waals surface area contributed by atoms with Gasteiger partial charge >= 0.3 is 0 Å². The molecule has 0 aromatic heterocycles. The van der Waals surface area contributed by atoms with Crippen molar-refractivity contribution in [2.24, 2.45) is 0 Å². The van der Waals surface area contributed by atoms with E-state index in [0.29, 0.717) is 21.8 Å². The van der Waals surface area contributed by atoms with Crippen LogP contribution >= 0.6 is 0 Å². The molecule has 0 saturated heterocycles. The highest BCUT2D eigenvalue weighted by atomic mass is 32.2. The standard InChI is InChI=1S/C13H21NO3S/c1-6-11(4)14-18(15,16)13-9(2)7-12(17-5)8-10(13)3/h7-8,11,14H,6H2,1-5H3. The molecule has 1 aromatic rings. The summed E-state index contributed by atoms with van der Waals surface area (Å²) in [4.78, 5) is 0.351. The zero-order valence-electron chi connectivity index (χ0n) is 11.6. The summed E-state index contributed by atoms with van der Waals surface area (Å²) in [5.41, 5.74) is 1.39. The van der Waals surface area contributed by atoms with Crippen LogP contribution in [0.4, 0.5) is 0 Å². The second kappa shape index (κ2) is 5.71. The Balaban J connectivity index is 3.25. The van der Waals surface area contributed by atoms with E-state index >= 15 is 0 Å². The van der Waals surface area contributed by atoms with Crippen LogP contribution in [0.2, 0.25) is 0 Å². The summed E-state index contributed by atoms with van der Waals surface area (Å²) in [6, 6.07) is 3.40. The van der Waals surface area contributed by atoms with E-state index in [0.717, 1.165) is 6.42 Å². The van der Waals surface area contributed by atoms with E-state index in [9.17, 15) is 8.42 Å². The summed E-state index contributed by atoms with van der Waals surface area (Å²) in [6.45, 7) is 7.36. The fourth-order valence-electron chi connectivity index (χ4n) is 1.86. The van der Waals surface area contributed by atoms with E-state index in [2.05, 4.69) is 4.72 Å². The Morgan fingerprint density at radius 3 is 2.17 bits per heavy atom. The molecular weight excluding hydrogens is 250 g/mol. The Bertz CT molecular complexity index is 500. The summed E-state index contributed by atoms with van der Waals surface area (Å²) in [6.07, 6.45) is 0.757. The van der Waals surface area contributed by atoms with Crippen LogP contribution in [0, 0.1) is 13.8 Å². The maximum atomic E-state index is 12.3. The minimum atomic E-state index is -3.46. The van der Waals surface area contributed by atoms with Crippen LogP contribution < -0.4 is 9.46 Å². The summed E-state index contributed by atoms with van der Waals surface area (Å²) >= 11 is 0. The molecule has 1 rings (SSSR count). The molecule has 1 N–H and O–H groups in total. The molecule has 0 aliphatic rings. The first-order valence-electron chi connectivity index (χ1n) is 5.99. The number of nitrogens with one attached hydrogen (secondary N) is 1. The van der Waals surface area contributed by atoms with Gasteiger partial charge in [-0.25, -0.2) is 13.1 Å². The normalized spacial score (nSPS) is 13.4. The van der Waals surface area contributed by atoms with E-state index < -0.39 is 10.0 Å². The number of rotatable bonds is 5. The topological polar surface area (TPSA) is 55.4 Å². The fraction of sp³-hybridized carbons (Fsp3) is 0.538. The molecule has 102 valence electrons. The number of aryl methyl sites for hydroxylation is 2. The Labute approximate surface area is 109 Å². The number of methoxy groups -OCH3 is 1. The van der Waals surface area contributed by atoms with Gasteiger partial charge in [0.05, 0.1) is 12.0 Å². The third-order valence-electron chi connectivity index (χ3n) is 2.91. The predicted molar refractivity (Wildman–Crippen MR) is 72.5 cm³/mol. The molecule has 0 heterocycles. The molecular formula is C13H21NO3S. The largest absolute Gasteiger partial charge is 0.497 e. The third kappa shape index (κ3) is 3.23. The maximum Gasteiger partial charge on any atom is 0.241 e. The van der Waals surface area contributed by atoms with Crippen LogP contribution in [-0.4, -0.2) is 21.6 Å². The number of ether oxygens (including phenoxy) is 1. The molecule has 1 unspecified atom stereocenters. The monoisotopic (exact) mass is 271 g/mol. The van der Waals surface area contributed by atoms with Gasteiger partial charge in [-0.05, 0) is 50.5 Å². The molecule has 0 amide bonds. The maximum absolute atomic E-state index is 12.3. The van der Waals surface area contributed by atoms with Crippen molar-refractivity contribution >= 4 is 10.0 Å². The Morgan fingerprint density at radius 2 is 1.78 bits per heavy atom. The number of hydrogen-bond donors (Lipinski definition) is 1. The van der Waals surface area contributed by atoms with E-state index in [1.807, 2.05) is 13.8 Å². The van der Waals surface area contributed by atoms with Gasteiger partial charge in [0, 0.05) is 6.04 Å². The Kier molecular flexibility index (Phi) is 4.76.